The second kappa shape index (κ2) is 12.7. The zero-order valence-corrected chi connectivity index (χ0v) is 20.4. The number of nitrogens with zero attached hydrogens (tertiary/aromatic N) is 1. The maximum Gasteiger partial charge on any atom is 0.408 e. The van der Waals surface area contributed by atoms with Crippen molar-refractivity contribution < 1.29 is 24.2 Å². The van der Waals surface area contributed by atoms with Crippen LogP contribution in [0.15, 0.2) is 72.2 Å². The Hall–Kier alpha value is -3.26. The van der Waals surface area contributed by atoms with E-state index in [0.29, 0.717) is 22.4 Å². The Kier molecular flexibility index (Phi) is 10.00. The number of amides is 2. The topological polar surface area (TPSA) is 88.1 Å². The van der Waals surface area contributed by atoms with E-state index < -0.39 is 24.1 Å². The fourth-order valence-corrected chi connectivity index (χ4v) is 3.78. The lowest BCUT2D eigenvalue weighted by Gasteiger charge is -2.30. The Morgan fingerprint density at radius 3 is 2.42 bits per heavy atom. The van der Waals surface area contributed by atoms with E-state index in [1.165, 1.54) is 13.2 Å². The molecule has 2 rings (SSSR count). The van der Waals surface area contributed by atoms with Crippen molar-refractivity contribution in [2.45, 2.75) is 31.5 Å². The molecule has 2 aromatic carbocycles. The molecule has 0 heterocycles. The molecule has 2 N–H and O–H groups in total. The molecule has 7 nitrogen and oxygen atoms in total. The summed E-state index contributed by atoms with van der Waals surface area (Å²) in [5.74, 6) is 0.709. The molecule has 1 unspecified atom stereocenters. The van der Waals surface area contributed by atoms with Crippen molar-refractivity contribution in [1.82, 2.24) is 10.2 Å². The molecule has 0 spiro atoms. The Morgan fingerprint density at radius 2 is 1.88 bits per heavy atom. The van der Waals surface area contributed by atoms with Gasteiger partial charge < -0.3 is 19.9 Å². The molecule has 0 aromatic heterocycles. The summed E-state index contributed by atoms with van der Waals surface area (Å²) in [6.45, 7) is 7.68. The minimum Gasteiger partial charge on any atom is -0.497 e. The van der Waals surface area contributed by atoms with Crippen LogP contribution in [-0.2, 0) is 11.3 Å². The van der Waals surface area contributed by atoms with Crippen LogP contribution in [0.3, 0.4) is 0 Å². The molecule has 0 radical (unpaired) electrons. The van der Waals surface area contributed by atoms with Crippen LogP contribution < -0.4 is 14.8 Å². The van der Waals surface area contributed by atoms with Crippen molar-refractivity contribution >= 4 is 27.9 Å². The monoisotopic (exact) mass is 516 g/mol. The summed E-state index contributed by atoms with van der Waals surface area (Å²) in [6.07, 6.45) is 0.884. The molecule has 2 amide bonds. The molecule has 2 aromatic rings. The minimum absolute atomic E-state index is 0.0732. The molecular formula is C25H29BrN2O5. The quantitative estimate of drug-likeness (QED) is 0.374. The summed E-state index contributed by atoms with van der Waals surface area (Å²) in [4.78, 5) is 26.6. The van der Waals surface area contributed by atoms with E-state index in [9.17, 15) is 14.7 Å². The second-order valence-electron chi connectivity index (χ2n) is 7.33. The van der Waals surface area contributed by atoms with Gasteiger partial charge in [0.2, 0.25) is 5.91 Å². The van der Waals surface area contributed by atoms with Gasteiger partial charge >= 0.3 is 6.09 Å². The number of hydrogen-bond donors (Lipinski definition) is 2. The summed E-state index contributed by atoms with van der Waals surface area (Å²) in [6, 6.07) is 13.0. The molecule has 176 valence electrons. The van der Waals surface area contributed by atoms with E-state index in [4.69, 9.17) is 9.47 Å². The molecule has 33 heavy (non-hydrogen) atoms. The van der Waals surface area contributed by atoms with Gasteiger partial charge in [-0.3, -0.25) is 9.69 Å². The number of ether oxygens (including phenoxy) is 2. The number of nitrogens with one attached hydrogen (secondary N) is 1. The average Bonchev–Trinajstić information content (AvgIpc) is 2.80. The van der Waals surface area contributed by atoms with Gasteiger partial charge in [0.15, 0.2) is 0 Å². The number of methoxy groups -OCH3 is 2. The molecule has 0 aliphatic carbocycles. The molecule has 0 fully saturated rings. The van der Waals surface area contributed by atoms with Crippen molar-refractivity contribution in [2.24, 2.45) is 0 Å². The first kappa shape index (κ1) is 26.0. The summed E-state index contributed by atoms with van der Waals surface area (Å²) >= 11 is 3.37. The van der Waals surface area contributed by atoms with Gasteiger partial charge in [0.1, 0.15) is 17.5 Å². The Balaban J connectivity index is 2.36. The van der Waals surface area contributed by atoms with Gasteiger partial charge in [-0.2, -0.15) is 0 Å². The number of carboxylic acid groups (broad SMARTS) is 1. The molecule has 2 atom stereocenters. The van der Waals surface area contributed by atoms with Gasteiger partial charge in [-0.05, 0) is 28.6 Å². The number of carbonyl (C=O) groups is 2. The maximum absolute atomic E-state index is 13.4. The fraction of sp³-hybridized carbons (Fsp3) is 0.280. The molecule has 0 saturated heterocycles. The van der Waals surface area contributed by atoms with E-state index in [0.717, 1.165) is 16.0 Å². The zero-order valence-electron chi connectivity index (χ0n) is 18.8. The highest BCUT2D eigenvalue weighted by Gasteiger charge is 2.31. The van der Waals surface area contributed by atoms with Crippen LogP contribution in [0.1, 0.15) is 30.0 Å². The van der Waals surface area contributed by atoms with E-state index in [1.807, 2.05) is 30.3 Å². The highest BCUT2D eigenvalue weighted by Crippen LogP contribution is 2.33. The van der Waals surface area contributed by atoms with Crippen molar-refractivity contribution in [2.75, 3.05) is 14.2 Å². The molecular weight excluding hydrogens is 488 g/mol. The third kappa shape index (κ3) is 7.39. The van der Waals surface area contributed by atoms with Crippen LogP contribution in [0.4, 0.5) is 4.79 Å². The van der Waals surface area contributed by atoms with Gasteiger partial charge in [0.05, 0.1) is 20.3 Å². The van der Waals surface area contributed by atoms with Gasteiger partial charge in [0, 0.05) is 24.6 Å². The summed E-state index contributed by atoms with van der Waals surface area (Å²) in [7, 11) is 3.09. The average molecular weight is 517 g/mol. The summed E-state index contributed by atoms with van der Waals surface area (Å²) < 4.78 is 11.4. The first-order chi connectivity index (χ1) is 15.8. The van der Waals surface area contributed by atoms with Gasteiger partial charge in [-0.25, -0.2) is 4.79 Å². The maximum atomic E-state index is 13.4. The van der Waals surface area contributed by atoms with E-state index in [2.05, 4.69) is 34.4 Å². The second-order valence-corrected chi connectivity index (χ2v) is 8.45. The smallest absolute Gasteiger partial charge is 0.408 e. The van der Waals surface area contributed by atoms with Gasteiger partial charge in [-0.1, -0.05) is 58.9 Å². The van der Waals surface area contributed by atoms with Gasteiger partial charge in [0.25, 0.3) is 0 Å². The third-order valence-electron chi connectivity index (χ3n) is 5.07. The Labute approximate surface area is 202 Å². The SMILES string of the molecule is C=CC[C@H](C(=O)NC(CC(=C)Br)c1ccc(OC)cc1OC)N(Cc1ccccc1)C(=O)O. The lowest BCUT2D eigenvalue weighted by Crippen LogP contribution is -2.49. The summed E-state index contributed by atoms with van der Waals surface area (Å²) in [5.41, 5.74) is 1.50. The Morgan fingerprint density at radius 1 is 1.18 bits per heavy atom. The molecule has 0 aliphatic rings. The van der Waals surface area contributed by atoms with Crippen LogP contribution in [0.25, 0.3) is 0 Å². The molecule has 0 saturated carbocycles. The number of carbonyl (C=O) groups excluding carboxylic acids is 1. The Bertz CT molecular complexity index is 980. The predicted molar refractivity (Wildman–Crippen MR) is 132 cm³/mol. The lowest BCUT2D eigenvalue weighted by atomic mass is 10.0. The molecule has 0 bridgehead atoms. The van der Waals surface area contributed by atoms with Crippen LogP contribution in [-0.4, -0.2) is 42.3 Å². The lowest BCUT2D eigenvalue weighted by molar-refractivity contribution is -0.126. The van der Waals surface area contributed by atoms with Crippen molar-refractivity contribution in [1.29, 1.82) is 0 Å². The van der Waals surface area contributed by atoms with E-state index in [1.54, 1.807) is 25.3 Å². The van der Waals surface area contributed by atoms with Crippen LogP contribution in [0, 0.1) is 0 Å². The largest absolute Gasteiger partial charge is 0.497 e. The number of halogens is 1. The third-order valence-corrected chi connectivity index (χ3v) is 5.39. The zero-order chi connectivity index (χ0) is 24.4. The van der Waals surface area contributed by atoms with Crippen LogP contribution >= 0.6 is 15.9 Å². The minimum atomic E-state index is -1.19. The van der Waals surface area contributed by atoms with Gasteiger partial charge in [-0.15, -0.1) is 6.58 Å². The normalized spacial score (nSPS) is 12.2. The fourth-order valence-electron chi connectivity index (χ4n) is 3.46. The number of benzene rings is 2. The van der Waals surface area contributed by atoms with Crippen LogP contribution in [0.2, 0.25) is 0 Å². The van der Waals surface area contributed by atoms with Crippen molar-refractivity contribution in [3.05, 3.63) is 83.4 Å². The standard InChI is InChI=1S/C25H29BrN2O5/c1-5-9-22(28(25(30)31)16-18-10-7-6-8-11-18)24(29)27-21(14-17(2)26)20-13-12-19(32-3)15-23(20)33-4/h5-8,10-13,15,21-22H,1-2,9,14,16H2,3-4H3,(H,27,29)(H,30,31)/t21?,22-/m1/s1. The highest BCUT2D eigenvalue weighted by molar-refractivity contribution is 9.11. The number of rotatable bonds is 12. The number of hydrogen-bond acceptors (Lipinski definition) is 4. The van der Waals surface area contributed by atoms with Crippen molar-refractivity contribution in [3.8, 4) is 11.5 Å². The van der Waals surface area contributed by atoms with E-state index in [-0.39, 0.29) is 13.0 Å². The first-order valence-corrected chi connectivity index (χ1v) is 11.1. The van der Waals surface area contributed by atoms with Crippen LogP contribution in [0.5, 0.6) is 11.5 Å². The first-order valence-electron chi connectivity index (χ1n) is 10.3. The summed E-state index contributed by atoms with van der Waals surface area (Å²) in [5, 5.41) is 12.9. The van der Waals surface area contributed by atoms with Crippen molar-refractivity contribution in [3.63, 3.8) is 0 Å². The molecule has 0 aliphatic heterocycles. The highest BCUT2D eigenvalue weighted by atomic mass is 79.9. The molecule has 8 heteroatoms. The predicted octanol–water partition coefficient (Wildman–Crippen LogP) is 5.28. The van der Waals surface area contributed by atoms with E-state index >= 15 is 0 Å².